The van der Waals surface area contributed by atoms with Crippen molar-refractivity contribution in [3.63, 3.8) is 0 Å². The van der Waals surface area contributed by atoms with Crippen molar-refractivity contribution in [1.82, 2.24) is 0 Å². The van der Waals surface area contributed by atoms with E-state index in [0.717, 1.165) is 30.6 Å². The quantitative estimate of drug-likeness (QED) is 0.604. The second-order valence-electron chi connectivity index (χ2n) is 5.06. The summed E-state index contributed by atoms with van der Waals surface area (Å²) in [5, 5.41) is 0. The van der Waals surface area contributed by atoms with Crippen LogP contribution in [0.1, 0.15) is 38.2 Å². The van der Waals surface area contributed by atoms with Crippen LogP contribution in [0.25, 0.3) is 0 Å². The van der Waals surface area contributed by atoms with E-state index in [9.17, 15) is 4.79 Å². The average molecular weight is 262 g/mol. The van der Waals surface area contributed by atoms with E-state index in [1.165, 1.54) is 0 Å². The zero-order chi connectivity index (χ0) is 13.3. The first-order chi connectivity index (χ1) is 9.26. The monoisotopic (exact) mass is 262 g/mol. The molecule has 3 rings (SSSR count). The molecular weight excluding hydrogens is 244 g/mol. The molecule has 0 spiro atoms. The molecule has 0 aliphatic carbocycles. The van der Waals surface area contributed by atoms with E-state index < -0.39 is 11.9 Å². The lowest BCUT2D eigenvalue weighted by Gasteiger charge is -2.25. The van der Waals surface area contributed by atoms with Crippen molar-refractivity contribution in [3.8, 4) is 5.75 Å². The van der Waals surface area contributed by atoms with Crippen LogP contribution in [0.2, 0.25) is 0 Å². The highest BCUT2D eigenvalue weighted by Crippen LogP contribution is 2.50. The molecule has 1 fully saturated rings. The van der Waals surface area contributed by atoms with Crippen LogP contribution in [-0.4, -0.2) is 18.9 Å². The zero-order valence-corrected chi connectivity index (χ0v) is 11.1. The number of benzene rings is 1. The molecule has 4 heteroatoms. The summed E-state index contributed by atoms with van der Waals surface area (Å²) < 4.78 is 17.0. The van der Waals surface area contributed by atoms with E-state index in [1.807, 2.05) is 24.3 Å². The molecule has 19 heavy (non-hydrogen) atoms. The van der Waals surface area contributed by atoms with E-state index in [-0.39, 0.29) is 12.4 Å². The first-order valence-corrected chi connectivity index (χ1v) is 6.86. The van der Waals surface area contributed by atoms with Crippen LogP contribution in [0.3, 0.4) is 0 Å². The third-order valence-corrected chi connectivity index (χ3v) is 3.71. The predicted octanol–water partition coefficient (Wildman–Crippen LogP) is 2.75. The summed E-state index contributed by atoms with van der Waals surface area (Å²) in [6.45, 7) is 2.77. The second kappa shape index (κ2) is 4.85. The molecular formula is C15H18O4. The highest BCUT2D eigenvalue weighted by Gasteiger charge is 2.58. The van der Waals surface area contributed by atoms with Gasteiger partial charge in [0.05, 0.1) is 6.42 Å². The number of hydrogen-bond donors (Lipinski definition) is 0. The first-order valence-electron chi connectivity index (χ1n) is 6.86. The molecule has 1 aromatic carbocycles. The molecule has 2 aliphatic heterocycles. The minimum absolute atomic E-state index is 0.237. The van der Waals surface area contributed by atoms with Crippen LogP contribution in [-0.2, 0) is 19.9 Å². The summed E-state index contributed by atoms with van der Waals surface area (Å²) in [7, 11) is 0. The molecule has 0 amide bonds. The molecule has 2 heterocycles. The maximum absolute atomic E-state index is 11.6. The Hall–Kier alpha value is -1.55. The van der Waals surface area contributed by atoms with Crippen LogP contribution < -0.4 is 4.74 Å². The van der Waals surface area contributed by atoms with Gasteiger partial charge in [-0.3, -0.25) is 4.79 Å². The van der Waals surface area contributed by atoms with Crippen molar-refractivity contribution in [2.75, 3.05) is 6.61 Å². The van der Waals surface area contributed by atoms with Crippen LogP contribution in [0.5, 0.6) is 5.75 Å². The lowest BCUT2D eigenvalue weighted by Crippen LogP contribution is -2.36. The second-order valence-corrected chi connectivity index (χ2v) is 5.06. The van der Waals surface area contributed by atoms with Gasteiger partial charge in [0, 0.05) is 12.2 Å². The molecule has 102 valence electrons. The summed E-state index contributed by atoms with van der Waals surface area (Å²) in [6, 6.07) is 7.69. The van der Waals surface area contributed by atoms with Crippen molar-refractivity contribution < 1.29 is 19.0 Å². The number of ether oxygens (including phenoxy) is 3. The largest absolute Gasteiger partial charge is 0.451 e. The topological polar surface area (TPSA) is 44.8 Å². The van der Waals surface area contributed by atoms with E-state index >= 15 is 0 Å². The van der Waals surface area contributed by atoms with Gasteiger partial charge in [-0.25, -0.2) is 0 Å². The van der Waals surface area contributed by atoms with Gasteiger partial charge in [-0.1, -0.05) is 38.0 Å². The molecule has 0 N–H and O–H groups in total. The molecule has 1 saturated heterocycles. The fourth-order valence-corrected chi connectivity index (χ4v) is 2.73. The maximum atomic E-state index is 11.6. The molecule has 2 atom stereocenters. The van der Waals surface area contributed by atoms with E-state index in [0.29, 0.717) is 6.61 Å². The van der Waals surface area contributed by atoms with Crippen molar-refractivity contribution in [3.05, 3.63) is 29.8 Å². The smallest absolute Gasteiger partial charge is 0.312 e. The summed E-state index contributed by atoms with van der Waals surface area (Å²) in [5.41, 5.74) is 0.198. The molecule has 4 nitrogen and oxygen atoms in total. The lowest BCUT2D eigenvalue weighted by atomic mass is 9.92. The SMILES string of the molecule is CCCCCOC12CC(=O)OC1Oc1ccccc12. The standard InChI is InChI=1S/C15H18O4/c1-2-3-6-9-17-15-10-13(16)19-14(15)18-12-8-5-4-7-11(12)15/h4-5,7-8,14H,2-3,6,9-10H2,1H3. The highest BCUT2D eigenvalue weighted by atomic mass is 16.7. The predicted molar refractivity (Wildman–Crippen MR) is 68.7 cm³/mol. The van der Waals surface area contributed by atoms with Crippen molar-refractivity contribution in [1.29, 1.82) is 0 Å². The molecule has 0 saturated carbocycles. The number of rotatable bonds is 5. The first kappa shape index (κ1) is 12.5. The van der Waals surface area contributed by atoms with Gasteiger partial charge in [0.1, 0.15) is 5.75 Å². The maximum Gasteiger partial charge on any atom is 0.312 e. The van der Waals surface area contributed by atoms with Crippen LogP contribution in [0.4, 0.5) is 0 Å². The van der Waals surface area contributed by atoms with Crippen molar-refractivity contribution in [2.45, 2.75) is 44.5 Å². The van der Waals surface area contributed by atoms with Gasteiger partial charge in [-0.05, 0) is 12.5 Å². The normalized spacial score (nSPS) is 27.6. The number of unbranched alkanes of at least 4 members (excludes halogenated alkanes) is 2. The van der Waals surface area contributed by atoms with E-state index in [2.05, 4.69) is 6.92 Å². The molecule has 0 aromatic heterocycles. The highest BCUT2D eigenvalue weighted by molar-refractivity contribution is 5.75. The Labute approximate surface area is 112 Å². The minimum Gasteiger partial charge on any atom is -0.451 e. The number of esters is 1. The van der Waals surface area contributed by atoms with Gasteiger partial charge in [-0.2, -0.15) is 0 Å². The zero-order valence-electron chi connectivity index (χ0n) is 11.1. The molecule has 2 aliphatic rings. The van der Waals surface area contributed by atoms with Gasteiger partial charge in [0.25, 0.3) is 6.29 Å². The lowest BCUT2D eigenvalue weighted by molar-refractivity contribution is -0.169. The Morgan fingerprint density at radius 1 is 1.32 bits per heavy atom. The third-order valence-electron chi connectivity index (χ3n) is 3.71. The molecule has 2 unspecified atom stereocenters. The van der Waals surface area contributed by atoms with E-state index in [4.69, 9.17) is 14.2 Å². The number of para-hydroxylation sites is 1. The van der Waals surface area contributed by atoms with Gasteiger partial charge in [0.15, 0.2) is 5.60 Å². The van der Waals surface area contributed by atoms with Crippen LogP contribution in [0.15, 0.2) is 24.3 Å². The number of hydrogen-bond acceptors (Lipinski definition) is 4. The Balaban J connectivity index is 1.84. The van der Waals surface area contributed by atoms with Gasteiger partial charge < -0.3 is 14.2 Å². The van der Waals surface area contributed by atoms with Crippen LogP contribution in [0, 0.1) is 0 Å². The summed E-state index contributed by atoms with van der Waals surface area (Å²) in [6.07, 6.45) is 2.86. The summed E-state index contributed by atoms with van der Waals surface area (Å²) in [4.78, 5) is 11.6. The fourth-order valence-electron chi connectivity index (χ4n) is 2.73. The van der Waals surface area contributed by atoms with Crippen molar-refractivity contribution >= 4 is 5.97 Å². The number of carbonyl (C=O) groups is 1. The van der Waals surface area contributed by atoms with Crippen molar-refractivity contribution in [2.24, 2.45) is 0 Å². The van der Waals surface area contributed by atoms with Gasteiger partial charge in [-0.15, -0.1) is 0 Å². The number of carbonyl (C=O) groups excluding carboxylic acids is 1. The van der Waals surface area contributed by atoms with Gasteiger partial charge in [0.2, 0.25) is 0 Å². The average Bonchev–Trinajstić information content (AvgIpc) is 2.86. The Morgan fingerprint density at radius 3 is 3.00 bits per heavy atom. The Morgan fingerprint density at radius 2 is 2.16 bits per heavy atom. The molecule has 0 bridgehead atoms. The fraction of sp³-hybridized carbons (Fsp3) is 0.533. The Bertz CT molecular complexity index is 485. The van der Waals surface area contributed by atoms with Crippen LogP contribution >= 0.6 is 0 Å². The van der Waals surface area contributed by atoms with Gasteiger partial charge >= 0.3 is 5.97 Å². The minimum atomic E-state index is -0.735. The molecule has 0 radical (unpaired) electrons. The van der Waals surface area contributed by atoms with E-state index in [1.54, 1.807) is 0 Å². The third kappa shape index (κ3) is 2.00. The summed E-state index contributed by atoms with van der Waals surface area (Å²) >= 11 is 0. The summed E-state index contributed by atoms with van der Waals surface area (Å²) in [5.74, 6) is 0.505. The Kier molecular flexibility index (Phi) is 3.19. The molecule has 1 aromatic rings. The number of fused-ring (bicyclic) bond motifs is 3.